The normalized spacial score (nSPS) is 18.6. The second-order valence-corrected chi connectivity index (χ2v) is 6.45. The van der Waals surface area contributed by atoms with Gasteiger partial charge >= 0.3 is 0 Å². The Labute approximate surface area is 147 Å². The molecule has 1 aliphatic heterocycles. The van der Waals surface area contributed by atoms with Gasteiger partial charge in [0.05, 0.1) is 25.4 Å². The Kier molecular flexibility index (Phi) is 6.58. The van der Waals surface area contributed by atoms with Crippen LogP contribution in [-0.2, 0) is 20.9 Å². The standard InChI is InChI=1S/C17H26N4O4/c1-12(17(24)20(2)3)19-15(22)11-21-8-4-7-14(21)16(23)18-10-13-6-5-9-25-13/h5-6,9,12,14H,4,7-8,10-11H2,1-3H3,(H,18,23)(H,19,22). The van der Waals surface area contributed by atoms with E-state index >= 15 is 0 Å². The van der Waals surface area contributed by atoms with Gasteiger partial charge in [-0.25, -0.2) is 0 Å². The van der Waals surface area contributed by atoms with Crippen molar-refractivity contribution in [3.63, 3.8) is 0 Å². The van der Waals surface area contributed by atoms with Gasteiger partial charge in [0.2, 0.25) is 17.7 Å². The van der Waals surface area contributed by atoms with E-state index in [0.29, 0.717) is 25.3 Å². The molecule has 2 heterocycles. The third kappa shape index (κ3) is 5.32. The molecule has 8 heteroatoms. The number of carbonyl (C=O) groups is 3. The molecule has 0 saturated carbocycles. The Balaban J connectivity index is 1.82. The topological polar surface area (TPSA) is 94.9 Å². The number of hydrogen-bond donors (Lipinski definition) is 2. The van der Waals surface area contributed by atoms with Gasteiger partial charge in [0.25, 0.3) is 0 Å². The second kappa shape index (κ2) is 8.66. The van der Waals surface area contributed by atoms with Crippen LogP contribution in [0.1, 0.15) is 25.5 Å². The molecule has 3 amide bonds. The molecule has 1 aromatic heterocycles. The summed E-state index contributed by atoms with van der Waals surface area (Å²) in [4.78, 5) is 39.6. The van der Waals surface area contributed by atoms with Crippen molar-refractivity contribution < 1.29 is 18.8 Å². The molecule has 2 unspecified atom stereocenters. The number of likely N-dealkylation sites (N-methyl/N-ethyl adjacent to an activating group) is 1. The number of nitrogens with zero attached hydrogens (tertiary/aromatic N) is 2. The van der Waals surface area contributed by atoms with Crippen LogP contribution in [0.25, 0.3) is 0 Å². The number of amides is 3. The van der Waals surface area contributed by atoms with Crippen LogP contribution in [0.15, 0.2) is 22.8 Å². The second-order valence-electron chi connectivity index (χ2n) is 6.45. The molecule has 2 rings (SSSR count). The highest BCUT2D eigenvalue weighted by atomic mass is 16.3. The third-order valence-electron chi connectivity index (χ3n) is 4.22. The van der Waals surface area contributed by atoms with Gasteiger partial charge in [-0.3, -0.25) is 19.3 Å². The minimum absolute atomic E-state index is 0.101. The van der Waals surface area contributed by atoms with E-state index in [1.54, 1.807) is 39.4 Å². The molecule has 1 saturated heterocycles. The molecule has 1 aliphatic rings. The van der Waals surface area contributed by atoms with Crippen LogP contribution in [0.2, 0.25) is 0 Å². The third-order valence-corrected chi connectivity index (χ3v) is 4.22. The zero-order valence-electron chi connectivity index (χ0n) is 14.9. The van der Waals surface area contributed by atoms with Crippen molar-refractivity contribution in [3.8, 4) is 0 Å². The Morgan fingerprint density at radius 2 is 2.16 bits per heavy atom. The average molecular weight is 350 g/mol. The lowest BCUT2D eigenvalue weighted by Crippen LogP contribution is -2.50. The first kappa shape index (κ1) is 19.0. The van der Waals surface area contributed by atoms with Crippen LogP contribution in [0.3, 0.4) is 0 Å². The van der Waals surface area contributed by atoms with E-state index in [1.165, 1.54) is 4.90 Å². The van der Waals surface area contributed by atoms with Crippen molar-refractivity contribution >= 4 is 17.7 Å². The molecule has 138 valence electrons. The minimum atomic E-state index is -0.587. The molecule has 25 heavy (non-hydrogen) atoms. The first-order chi connectivity index (χ1) is 11.9. The maximum atomic E-state index is 12.4. The number of likely N-dealkylation sites (tertiary alicyclic amines) is 1. The Morgan fingerprint density at radius 3 is 2.80 bits per heavy atom. The largest absolute Gasteiger partial charge is 0.467 e. The molecular formula is C17H26N4O4. The average Bonchev–Trinajstić information content (AvgIpc) is 3.23. The number of furan rings is 1. The first-order valence-corrected chi connectivity index (χ1v) is 8.43. The predicted molar refractivity (Wildman–Crippen MR) is 91.4 cm³/mol. The lowest BCUT2D eigenvalue weighted by molar-refractivity contribution is -0.135. The number of hydrogen-bond acceptors (Lipinski definition) is 5. The molecule has 1 aromatic rings. The molecule has 2 N–H and O–H groups in total. The summed E-state index contributed by atoms with van der Waals surface area (Å²) < 4.78 is 5.20. The maximum absolute atomic E-state index is 12.4. The van der Waals surface area contributed by atoms with Crippen molar-refractivity contribution in [2.45, 2.75) is 38.4 Å². The summed E-state index contributed by atoms with van der Waals surface area (Å²) in [6.07, 6.45) is 3.13. The van der Waals surface area contributed by atoms with Gasteiger partial charge < -0.3 is 20.0 Å². The number of rotatable bonds is 7. The van der Waals surface area contributed by atoms with E-state index in [9.17, 15) is 14.4 Å². The van der Waals surface area contributed by atoms with E-state index in [4.69, 9.17) is 4.42 Å². The molecule has 0 radical (unpaired) electrons. The highest BCUT2D eigenvalue weighted by molar-refractivity contribution is 5.88. The van der Waals surface area contributed by atoms with Crippen LogP contribution in [0, 0.1) is 0 Å². The number of nitrogens with one attached hydrogen (secondary N) is 2. The monoisotopic (exact) mass is 350 g/mol. The van der Waals surface area contributed by atoms with Crippen LogP contribution in [0.5, 0.6) is 0 Å². The summed E-state index contributed by atoms with van der Waals surface area (Å²) in [5.41, 5.74) is 0. The van der Waals surface area contributed by atoms with Crippen LogP contribution in [-0.4, -0.2) is 66.8 Å². The fraction of sp³-hybridized carbons (Fsp3) is 0.588. The van der Waals surface area contributed by atoms with Crippen molar-refractivity contribution in [3.05, 3.63) is 24.2 Å². The smallest absolute Gasteiger partial charge is 0.244 e. The molecule has 1 fully saturated rings. The van der Waals surface area contributed by atoms with Crippen LogP contribution in [0.4, 0.5) is 0 Å². The van der Waals surface area contributed by atoms with E-state index in [0.717, 1.165) is 6.42 Å². The van der Waals surface area contributed by atoms with Crippen LogP contribution >= 0.6 is 0 Å². The fourth-order valence-electron chi connectivity index (χ4n) is 2.94. The SMILES string of the molecule is CC(NC(=O)CN1CCCC1C(=O)NCc1ccco1)C(=O)N(C)C. The molecule has 2 atom stereocenters. The maximum Gasteiger partial charge on any atom is 0.244 e. The van der Waals surface area contributed by atoms with Crippen LogP contribution < -0.4 is 10.6 Å². The van der Waals surface area contributed by atoms with Crippen molar-refractivity contribution in [1.29, 1.82) is 0 Å². The number of carbonyl (C=O) groups excluding carboxylic acids is 3. The predicted octanol–water partition coefficient (Wildman–Crippen LogP) is -0.0469. The molecular weight excluding hydrogens is 324 g/mol. The van der Waals surface area contributed by atoms with Crippen molar-refractivity contribution in [1.82, 2.24) is 20.4 Å². The van der Waals surface area contributed by atoms with E-state index in [-0.39, 0.29) is 30.3 Å². The fourth-order valence-corrected chi connectivity index (χ4v) is 2.94. The lowest BCUT2D eigenvalue weighted by Gasteiger charge is -2.24. The molecule has 8 nitrogen and oxygen atoms in total. The van der Waals surface area contributed by atoms with Gasteiger partial charge in [0.1, 0.15) is 11.8 Å². The first-order valence-electron chi connectivity index (χ1n) is 8.43. The summed E-state index contributed by atoms with van der Waals surface area (Å²) in [7, 11) is 3.29. The highest BCUT2D eigenvalue weighted by Crippen LogP contribution is 2.17. The van der Waals surface area contributed by atoms with Crippen molar-refractivity contribution in [2.75, 3.05) is 27.2 Å². The van der Waals surface area contributed by atoms with Gasteiger partial charge in [-0.2, -0.15) is 0 Å². The van der Waals surface area contributed by atoms with E-state index < -0.39 is 6.04 Å². The van der Waals surface area contributed by atoms with Gasteiger partial charge in [0.15, 0.2) is 0 Å². The van der Waals surface area contributed by atoms with Gasteiger partial charge in [-0.05, 0) is 38.4 Å². The van der Waals surface area contributed by atoms with E-state index in [1.807, 2.05) is 4.90 Å². The zero-order valence-corrected chi connectivity index (χ0v) is 14.9. The Bertz CT molecular complexity index is 600. The summed E-state index contributed by atoms with van der Waals surface area (Å²) in [6, 6.07) is 2.64. The summed E-state index contributed by atoms with van der Waals surface area (Å²) >= 11 is 0. The van der Waals surface area contributed by atoms with E-state index in [2.05, 4.69) is 10.6 Å². The molecule has 0 bridgehead atoms. The Morgan fingerprint density at radius 1 is 1.40 bits per heavy atom. The minimum Gasteiger partial charge on any atom is -0.467 e. The van der Waals surface area contributed by atoms with Gasteiger partial charge in [0, 0.05) is 14.1 Å². The quantitative estimate of drug-likeness (QED) is 0.719. The molecule has 0 aromatic carbocycles. The summed E-state index contributed by atoms with van der Waals surface area (Å²) in [6.45, 7) is 2.76. The zero-order chi connectivity index (χ0) is 18.4. The Hall–Kier alpha value is -2.35. The summed E-state index contributed by atoms with van der Waals surface area (Å²) in [5.74, 6) is 0.154. The van der Waals surface area contributed by atoms with Gasteiger partial charge in [-0.15, -0.1) is 0 Å². The van der Waals surface area contributed by atoms with Gasteiger partial charge in [-0.1, -0.05) is 0 Å². The summed E-state index contributed by atoms with van der Waals surface area (Å²) in [5, 5.41) is 5.52. The molecule has 0 spiro atoms. The lowest BCUT2D eigenvalue weighted by atomic mass is 10.2. The van der Waals surface area contributed by atoms with Crippen molar-refractivity contribution in [2.24, 2.45) is 0 Å². The highest BCUT2D eigenvalue weighted by Gasteiger charge is 2.32. The molecule has 0 aliphatic carbocycles.